The van der Waals surface area contributed by atoms with Gasteiger partial charge in [-0.1, -0.05) is 19.0 Å². The van der Waals surface area contributed by atoms with E-state index in [4.69, 9.17) is 29.2 Å². The Morgan fingerprint density at radius 2 is 1.86 bits per heavy atom. The standard InChI is InChI=1S/C34H60N6O9/c1-11-26-34(7)29(40(32(44)49-34)15-13-12-14-37-38-35)23(5)36-19-20(2)18-33(6,45-10)27(17-25(41)22(4)30(43)47-26)48-31-28(42)24(39(8)9)16-21(3)46-31/h20-24,26-29,31,36,42H,11-19H2,1-10H3/t20-,21-,22-,23-,24?,26-,27-,28-,29-,31+,33-,34-/m1/s1. The van der Waals surface area contributed by atoms with Gasteiger partial charge in [0.2, 0.25) is 0 Å². The number of hydrogen-bond donors (Lipinski definition) is 2. The molecule has 0 radical (unpaired) electrons. The number of rotatable bonds is 10. The Balaban J connectivity index is 1.98. The van der Waals surface area contributed by atoms with E-state index in [0.717, 1.165) is 0 Å². The summed E-state index contributed by atoms with van der Waals surface area (Å²) >= 11 is 0. The van der Waals surface area contributed by atoms with E-state index in [0.29, 0.717) is 51.7 Å². The summed E-state index contributed by atoms with van der Waals surface area (Å²) in [6.07, 6.45) is -1.97. The topological polar surface area (TPSA) is 185 Å². The number of aliphatic hydroxyl groups excluding tert-OH is 1. The van der Waals surface area contributed by atoms with E-state index in [1.165, 1.54) is 6.92 Å². The van der Waals surface area contributed by atoms with Crippen LogP contribution >= 0.6 is 0 Å². The first-order chi connectivity index (χ1) is 23.0. The fraction of sp³-hybridized carbons (Fsp3) is 0.912. The Kier molecular flexibility index (Phi) is 14.7. The molecule has 3 rings (SSSR count). The van der Waals surface area contributed by atoms with Gasteiger partial charge in [-0.25, -0.2) is 4.79 Å². The highest BCUT2D eigenvalue weighted by Crippen LogP contribution is 2.39. The van der Waals surface area contributed by atoms with Crippen molar-refractivity contribution in [3.8, 4) is 0 Å². The van der Waals surface area contributed by atoms with Crippen molar-refractivity contribution >= 4 is 17.8 Å². The fourth-order valence-electron chi connectivity index (χ4n) is 7.66. The van der Waals surface area contributed by atoms with Gasteiger partial charge in [0.15, 0.2) is 11.9 Å². The lowest BCUT2D eigenvalue weighted by Crippen LogP contribution is -2.61. The zero-order valence-corrected chi connectivity index (χ0v) is 31.1. The molecule has 3 aliphatic heterocycles. The van der Waals surface area contributed by atoms with Crippen LogP contribution in [-0.4, -0.2) is 134 Å². The molecule has 0 bridgehead atoms. The smallest absolute Gasteiger partial charge is 0.410 e. The van der Waals surface area contributed by atoms with Gasteiger partial charge in [-0.05, 0) is 98.8 Å². The number of fused-ring (bicyclic) bond motifs is 1. The first kappa shape index (κ1) is 40.9. The van der Waals surface area contributed by atoms with Gasteiger partial charge in [0.1, 0.15) is 23.9 Å². The van der Waals surface area contributed by atoms with Gasteiger partial charge in [-0.2, -0.15) is 0 Å². The maximum atomic E-state index is 13.9. The van der Waals surface area contributed by atoms with E-state index in [2.05, 4.69) is 22.3 Å². The van der Waals surface area contributed by atoms with Gasteiger partial charge in [-0.3, -0.25) is 14.5 Å². The van der Waals surface area contributed by atoms with Crippen molar-refractivity contribution in [2.24, 2.45) is 17.0 Å². The summed E-state index contributed by atoms with van der Waals surface area (Å²) in [5.41, 5.74) is 6.41. The Labute approximate surface area is 291 Å². The number of nitrogens with zero attached hydrogens (tertiary/aromatic N) is 5. The molecule has 2 N–H and O–H groups in total. The van der Waals surface area contributed by atoms with Crippen molar-refractivity contribution in [1.82, 2.24) is 15.1 Å². The number of methoxy groups -OCH3 is 1. The second-order valence-electron chi connectivity index (χ2n) is 14.8. The van der Waals surface area contributed by atoms with Crippen molar-refractivity contribution in [2.45, 2.75) is 147 Å². The lowest BCUT2D eigenvalue weighted by Gasteiger charge is -2.45. The van der Waals surface area contributed by atoms with Crippen molar-refractivity contribution in [3.05, 3.63) is 10.4 Å². The molecule has 0 saturated carbocycles. The number of carbonyl (C=O) groups is 3. The number of azide groups is 1. The molecule has 49 heavy (non-hydrogen) atoms. The molecule has 15 heteroatoms. The van der Waals surface area contributed by atoms with E-state index in [9.17, 15) is 19.5 Å². The quantitative estimate of drug-likeness (QED) is 0.0845. The molecular weight excluding hydrogens is 636 g/mol. The van der Waals surface area contributed by atoms with Crippen LogP contribution < -0.4 is 5.32 Å². The predicted octanol–water partition coefficient (Wildman–Crippen LogP) is 3.81. The highest BCUT2D eigenvalue weighted by molar-refractivity contribution is 5.99. The molecule has 280 valence electrons. The summed E-state index contributed by atoms with van der Waals surface area (Å²) in [5.74, 6) is -2.28. The molecule has 15 nitrogen and oxygen atoms in total. The summed E-state index contributed by atoms with van der Waals surface area (Å²) in [7, 11) is 5.35. The van der Waals surface area contributed by atoms with Crippen molar-refractivity contribution in [1.29, 1.82) is 0 Å². The maximum absolute atomic E-state index is 13.9. The summed E-state index contributed by atoms with van der Waals surface area (Å²) < 4.78 is 30.8. The monoisotopic (exact) mass is 696 g/mol. The second-order valence-corrected chi connectivity index (χ2v) is 14.8. The van der Waals surface area contributed by atoms with Crippen molar-refractivity contribution < 1.29 is 43.2 Å². The van der Waals surface area contributed by atoms with Gasteiger partial charge >= 0.3 is 12.1 Å². The average molecular weight is 697 g/mol. The average Bonchev–Trinajstić information content (AvgIpc) is 3.31. The van der Waals surface area contributed by atoms with E-state index in [1.54, 1.807) is 18.9 Å². The minimum atomic E-state index is -1.22. The Morgan fingerprint density at radius 1 is 1.16 bits per heavy atom. The molecule has 3 heterocycles. The molecule has 0 aromatic carbocycles. The SMILES string of the molecule is CC[C@H]1OC(=O)[C@H](C)C(=O)C[C@@H](O[C@@H]2O[C@H](C)CC(N(C)C)[C@H]2O)[C@](C)(OC)C[C@@H](C)CN[C@H](C)[C@H]2N(CCCCN=[N+]=[N-])C(=O)O[C@]12C. The van der Waals surface area contributed by atoms with Crippen LogP contribution in [0.15, 0.2) is 5.11 Å². The number of carbonyl (C=O) groups excluding carboxylic acids is 3. The molecule has 1 amide bonds. The lowest BCUT2D eigenvalue weighted by molar-refractivity contribution is -0.289. The van der Waals surface area contributed by atoms with Crippen LogP contribution in [-0.2, 0) is 33.3 Å². The fourth-order valence-corrected chi connectivity index (χ4v) is 7.66. The molecule has 3 aliphatic rings. The van der Waals surface area contributed by atoms with Crippen molar-refractivity contribution in [3.63, 3.8) is 0 Å². The highest BCUT2D eigenvalue weighted by Gasteiger charge is 2.58. The lowest BCUT2D eigenvalue weighted by atomic mass is 9.83. The number of amides is 1. The molecule has 3 fully saturated rings. The number of cyclic esters (lactones) is 1. The third-order valence-electron chi connectivity index (χ3n) is 10.7. The molecule has 0 aromatic heterocycles. The molecule has 0 aromatic rings. The predicted molar refractivity (Wildman–Crippen MR) is 182 cm³/mol. The van der Waals surface area contributed by atoms with Gasteiger partial charge in [0, 0.05) is 43.6 Å². The van der Waals surface area contributed by atoms with Crippen LogP contribution in [0.1, 0.15) is 87.0 Å². The van der Waals surface area contributed by atoms with E-state index in [-0.39, 0.29) is 30.5 Å². The van der Waals surface area contributed by atoms with Crippen molar-refractivity contribution in [2.75, 3.05) is 40.8 Å². The minimum absolute atomic E-state index is 0.00299. The van der Waals surface area contributed by atoms with E-state index in [1.807, 2.05) is 46.7 Å². The first-order valence-corrected chi connectivity index (χ1v) is 17.7. The first-order valence-electron chi connectivity index (χ1n) is 17.7. The van der Waals surface area contributed by atoms with Crippen LogP contribution in [0, 0.1) is 11.8 Å². The number of hydrogen-bond acceptors (Lipinski definition) is 12. The van der Waals surface area contributed by atoms with Gasteiger partial charge in [-0.15, -0.1) is 0 Å². The summed E-state index contributed by atoms with van der Waals surface area (Å²) in [5, 5.41) is 18.5. The maximum Gasteiger partial charge on any atom is 0.410 e. The molecule has 1 unspecified atom stereocenters. The van der Waals surface area contributed by atoms with E-state index < -0.39 is 65.6 Å². The van der Waals surface area contributed by atoms with Gasteiger partial charge < -0.3 is 39.0 Å². The molecule has 0 aliphatic carbocycles. The number of aliphatic hydroxyl groups is 1. The number of unbranched alkanes of at least 4 members (excludes halogenated alkanes) is 1. The third-order valence-corrected chi connectivity index (χ3v) is 10.7. The molecule has 12 atom stereocenters. The molecule has 3 saturated heterocycles. The summed E-state index contributed by atoms with van der Waals surface area (Å²) in [4.78, 5) is 47.4. The van der Waals surface area contributed by atoms with Gasteiger partial charge in [0.25, 0.3) is 0 Å². The molecular formula is C34H60N6O9. The number of ketones is 1. The normalized spacial score (nSPS) is 39.8. The number of ether oxygens (including phenoxy) is 5. The van der Waals surface area contributed by atoms with Crippen LogP contribution in [0.2, 0.25) is 0 Å². The summed E-state index contributed by atoms with van der Waals surface area (Å²) in [6.45, 7) is 14.2. The molecule has 0 spiro atoms. The minimum Gasteiger partial charge on any atom is -0.458 e. The zero-order chi connectivity index (χ0) is 36.7. The Bertz CT molecular complexity index is 1190. The van der Waals surface area contributed by atoms with E-state index >= 15 is 0 Å². The second kappa shape index (κ2) is 17.6. The number of Topliss-reactive ketones (excluding diaryl/α,β-unsaturated/α-hetero) is 1. The third kappa shape index (κ3) is 9.63. The van der Waals surface area contributed by atoms with Crippen LogP contribution in [0.5, 0.6) is 0 Å². The number of esters is 1. The van der Waals surface area contributed by atoms with Crippen LogP contribution in [0.25, 0.3) is 10.4 Å². The number of nitrogens with one attached hydrogen (secondary N) is 1. The number of likely N-dealkylation sites (N-methyl/N-ethyl adjacent to an activating group) is 1. The Morgan fingerprint density at radius 3 is 2.47 bits per heavy atom. The largest absolute Gasteiger partial charge is 0.458 e. The Hall–Kier alpha value is -2.52. The zero-order valence-electron chi connectivity index (χ0n) is 31.1. The van der Waals surface area contributed by atoms with Crippen LogP contribution in [0.4, 0.5) is 4.79 Å². The van der Waals surface area contributed by atoms with Crippen LogP contribution in [0.3, 0.4) is 0 Å². The van der Waals surface area contributed by atoms with Gasteiger partial charge in [0.05, 0.1) is 23.9 Å². The summed E-state index contributed by atoms with van der Waals surface area (Å²) in [6, 6.07) is -1.02. The highest BCUT2D eigenvalue weighted by atomic mass is 16.7.